The van der Waals surface area contributed by atoms with Crippen LogP contribution in [0.1, 0.15) is 25.5 Å². The Morgan fingerprint density at radius 1 is 1.30 bits per heavy atom. The molecule has 0 spiro atoms. The third-order valence-electron chi connectivity index (χ3n) is 3.68. The quantitative estimate of drug-likeness (QED) is 0.874. The zero-order valence-corrected chi connectivity index (χ0v) is 12.2. The van der Waals surface area contributed by atoms with E-state index in [-0.39, 0.29) is 0 Å². The second-order valence-corrected chi connectivity index (χ2v) is 5.88. The SMILES string of the molecule is Cc1ccc2cccc(OCC(C)CNC3CC3)c2n1. The van der Waals surface area contributed by atoms with E-state index in [9.17, 15) is 0 Å². The zero-order chi connectivity index (χ0) is 13.9. The molecule has 1 heterocycles. The maximum atomic E-state index is 5.99. The number of nitrogens with zero attached hydrogens (tertiary/aromatic N) is 1. The van der Waals surface area contributed by atoms with Crippen LogP contribution in [0.4, 0.5) is 0 Å². The number of hydrogen-bond acceptors (Lipinski definition) is 3. The highest BCUT2D eigenvalue weighted by Gasteiger charge is 2.20. The molecule has 1 saturated carbocycles. The molecule has 0 bridgehead atoms. The zero-order valence-electron chi connectivity index (χ0n) is 12.2. The van der Waals surface area contributed by atoms with Crippen molar-refractivity contribution >= 4 is 10.9 Å². The monoisotopic (exact) mass is 270 g/mol. The normalized spacial score (nSPS) is 16.3. The highest BCUT2D eigenvalue weighted by atomic mass is 16.5. The first-order valence-electron chi connectivity index (χ1n) is 7.45. The van der Waals surface area contributed by atoms with Gasteiger partial charge in [-0.2, -0.15) is 0 Å². The maximum absolute atomic E-state index is 5.99. The second-order valence-electron chi connectivity index (χ2n) is 5.88. The minimum atomic E-state index is 0.510. The molecule has 1 N–H and O–H groups in total. The molecule has 0 aliphatic heterocycles. The Bertz CT molecular complexity index is 593. The lowest BCUT2D eigenvalue weighted by molar-refractivity contribution is 0.257. The van der Waals surface area contributed by atoms with Crippen LogP contribution >= 0.6 is 0 Å². The summed E-state index contributed by atoms with van der Waals surface area (Å²) >= 11 is 0. The van der Waals surface area contributed by atoms with Crippen LogP contribution in [0.3, 0.4) is 0 Å². The molecular formula is C17H22N2O. The summed E-state index contributed by atoms with van der Waals surface area (Å²) in [7, 11) is 0. The van der Waals surface area contributed by atoms with Crippen molar-refractivity contribution in [1.29, 1.82) is 0 Å². The van der Waals surface area contributed by atoms with Gasteiger partial charge >= 0.3 is 0 Å². The molecule has 0 saturated heterocycles. The van der Waals surface area contributed by atoms with Gasteiger partial charge in [0.15, 0.2) is 0 Å². The van der Waals surface area contributed by atoms with Crippen LogP contribution in [0, 0.1) is 12.8 Å². The van der Waals surface area contributed by atoms with Gasteiger partial charge in [0.1, 0.15) is 11.3 Å². The predicted octanol–water partition coefficient (Wildman–Crippen LogP) is 3.31. The van der Waals surface area contributed by atoms with Crippen LogP contribution in [-0.4, -0.2) is 24.2 Å². The van der Waals surface area contributed by atoms with Gasteiger partial charge in [0.2, 0.25) is 0 Å². The van der Waals surface area contributed by atoms with Crippen LogP contribution < -0.4 is 10.1 Å². The predicted molar refractivity (Wildman–Crippen MR) is 82.2 cm³/mol. The molecular weight excluding hydrogens is 248 g/mol. The molecule has 106 valence electrons. The number of benzene rings is 1. The summed E-state index contributed by atoms with van der Waals surface area (Å²) in [4.78, 5) is 4.60. The number of aromatic nitrogens is 1. The molecule has 1 unspecified atom stereocenters. The highest BCUT2D eigenvalue weighted by Crippen LogP contribution is 2.24. The summed E-state index contributed by atoms with van der Waals surface area (Å²) in [5.41, 5.74) is 1.99. The molecule has 0 radical (unpaired) electrons. The van der Waals surface area contributed by atoms with Gasteiger partial charge < -0.3 is 10.1 Å². The fourth-order valence-electron chi connectivity index (χ4n) is 2.28. The minimum Gasteiger partial charge on any atom is -0.491 e. The molecule has 3 nitrogen and oxygen atoms in total. The second kappa shape index (κ2) is 5.80. The number of fused-ring (bicyclic) bond motifs is 1. The molecule has 0 amide bonds. The van der Waals surface area contributed by atoms with Crippen LogP contribution in [-0.2, 0) is 0 Å². The van der Waals surface area contributed by atoms with E-state index in [2.05, 4.69) is 29.4 Å². The van der Waals surface area contributed by atoms with Crippen molar-refractivity contribution in [2.24, 2.45) is 5.92 Å². The van der Waals surface area contributed by atoms with Gasteiger partial charge in [0.25, 0.3) is 0 Å². The summed E-state index contributed by atoms with van der Waals surface area (Å²) in [6.07, 6.45) is 2.67. The number of para-hydroxylation sites is 1. The Labute approximate surface area is 120 Å². The third kappa shape index (κ3) is 3.28. The number of aryl methyl sites for hydroxylation is 1. The number of pyridine rings is 1. The highest BCUT2D eigenvalue weighted by molar-refractivity contribution is 5.84. The van der Waals surface area contributed by atoms with Gasteiger partial charge in [0.05, 0.1) is 6.61 Å². The number of hydrogen-bond donors (Lipinski definition) is 1. The average molecular weight is 270 g/mol. The van der Waals surface area contributed by atoms with Crippen LogP contribution in [0.2, 0.25) is 0 Å². The van der Waals surface area contributed by atoms with E-state index in [1.807, 2.05) is 25.1 Å². The van der Waals surface area contributed by atoms with Crippen molar-refractivity contribution in [1.82, 2.24) is 10.3 Å². The maximum Gasteiger partial charge on any atom is 0.145 e. The molecule has 1 aromatic carbocycles. The third-order valence-corrected chi connectivity index (χ3v) is 3.68. The van der Waals surface area contributed by atoms with E-state index < -0.39 is 0 Å². The lowest BCUT2D eigenvalue weighted by Gasteiger charge is -2.15. The Hall–Kier alpha value is -1.61. The summed E-state index contributed by atoms with van der Waals surface area (Å²) in [6.45, 7) is 5.99. The van der Waals surface area contributed by atoms with E-state index in [0.717, 1.165) is 41.5 Å². The van der Waals surface area contributed by atoms with Gasteiger partial charge in [-0.1, -0.05) is 25.1 Å². The van der Waals surface area contributed by atoms with Gasteiger partial charge in [-0.05, 0) is 31.9 Å². The van der Waals surface area contributed by atoms with E-state index in [4.69, 9.17) is 4.74 Å². The minimum absolute atomic E-state index is 0.510. The molecule has 1 aliphatic carbocycles. The number of rotatable bonds is 6. The standard InChI is InChI=1S/C17H22N2O/c1-12(10-18-15-8-9-15)11-20-16-5-3-4-14-7-6-13(2)19-17(14)16/h3-7,12,15,18H,8-11H2,1-2H3. The van der Waals surface area contributed by atoms with Gasteiger partial charge in [-0.3, -0.25) is 0 Å². The lowest BCUT2D eigenvalue weighted by atomic mass is 10.2. The summed E-state index contributed by atoms with van der Waals surface area (Å²) < 4.78 is 5.99. The van der Waals surface area contributed by atoms with Crippen molar-refractivity contribution in [3.8, 4) is 5.75 Å². The Morgan fingerprint density at radius 3 is 2.95 bits per heavy atom. The van der Waals surface area contributed by atoms with Gasteiger partial charge in [-0.15, -0.1) is 0 Å². The average Bonchev–Trinajstić information content (AvgIpc) is 3.27. The largest absolute Gasteiger partial charge is 0.491 e. The topological polar surface area (TPSA) is 34.1 Å². The summed E-state index contributed by atoms with van der Waals surface area (Å²) in [5, 5.41) is 4.68. The molecule has 3 heteroatoms. The number of ether oxygens (including phenoxy) is 1. The first-order chi connectivity index (χ1) is 9.72. The van der Waals surface area contributed by atoms with Crippen molar-refractivity contribution < 1.29 is 4.74 Å². The smallest absolute Gasteiger partial charge is 0.145 e. The lowest BCUT2D eigenvalue weighted by Crippen LogP contribution is -2.26. The Kier molecular flexibility index (Phi) is 3.88. The molecule has 1 atom stereocenters. The van der Waals surface area contributed by atoms with E-state index in [1.54, 1.807) is 0 Å². The van der Waals surface area contributed by atoms with Crippen LogP contribution in [0.15, 0.2) is 30.3 Å². The summed E-state index contributed by atoms with van der Waals surface area (Å²) in [6, 6.07) is 11.0. The first-order valence-corrected chi connectivity index (χ1v) is 7.45. The van der Waals surface area contributed by atoms with Gasteiger partial charge in [0, 0.05) is 29.6 Å². The van der Waals surface area contributed by atoms with Crippen LogP contribution in [0.25, 0.3) is 10.9 Å². The molecule has 1 aromatic heterocycles. The van der Waals surface area contributed by atoms with Crippen molar-refractivity contribution in [2.75, 3.05) is 13.2 Å². The Morgan fingerprint density at radius 2 is 2.15 bits per heavy atom. The molecule has 3 rings (SSSR count). The fourth-order valence-corrected chi connectivity index (χ4v) is 2.28. The molecule has 2 aromatic rings. The number of nitrogens with one attached hydrogen (secondary N) is 1. The first kappa shape index (κ1) is 13.4. The summed E-state index contributed by atoms with van der Waals surface area (Å²) in [5.74, 6) is 1.40. The van der Waals surface area contributed by atoms with Crippen molar-refractivity contribution in [3.63, 3.8) is 0 Å². The van der Waals surface area contributed by atoms with Gasteiger partial charge in [-0.25, -0.2) is 4.98 Å². The van der Waals surface area contributed by atoms with Crippen LogP contribution in [0.5, 0.6) is 5.75 Å². The van der Waals surface area contributed by atoms with Crippen molar-refractivity contribution in [3.05, 3.63) is 36.0 Å². The molecule has 1 fully saturated rings. The van der Waals surface area contributed by atoms with Crippen molar-refractivity contribution in [2.45, 2.75) is 32.7 Å². The van der Waals surface area contributed by atoms with E-state index in [1.165, 1.54) is 12.8 Å². The molecule has 1 aliphatic rings. The molecule has 20 heavy (non-hydrogen) atoms. The van der Waals surface area contributed by atoms with E-state index in [0.29, 0.717) is 5.92 Å². The fraction of sp³-hybridized carbons (Fsp3) is 0.471. The Balaban J connectivity index is 1.65. The van der Waals surface area contributed by atoms with E-state index >= 15 is 0 Å².